The van der Waals surface area contributed by atoms with Gasteiger partial charge in [-0.25, -0.2) is 5.48 Å². The number of benzene rings is 2. The molecule has 0 aromatic heterocycles. The van der Waals surface area contributed by atoms with Crippen LogP contribution in [0, 0.1) is 11.8 Å². The number of carbonyl (C=O) groups is 2. The van der Waals surface area contributed by atoms with E-state index >= 15 is 0 Å². The molecular weight excluding hydrogens is 380 g/mol. The van der Waals surface area contributed by atoms with Gasteiger partial charge in [-0.3, -0.25) is 14.8 Å². The summed E-state index contributed by atoms with van der Waals surface area (Å²) in [4.78, 5) is 24.5. The van der Waals surface area contributed by atoms with E-state index in [2.05, 4.69) is 27.8 Å². The average molecular weight is 406 g/mol. The number of nitrogens with one attached hydrogen (secondary N) is 4. The molecule has 0 radical (unpaired) electrons. The summed E-state index contributed by atoms with van der Waals surface area (Å²) in [6.07, 6.45) is 2.21. The van der Waals surface area contributed by atoms with Gasteiger partial charge < -0.3 is 16.0 Å². The van der Waals surface area contributed by atoms with Crippen LogP contribution < -0.4 is 21.4 Å². The van der Waals surface area contributed by atoms with E-state index in [0.717, 1.165) is 30.5 Å². The number of hydrogen-bond acceptors (Lipinski definition) is 5. The molecule has 7 nitrogen and oxygen atoms in total. The maximum atomic E-state index is 12.5. The monoisotopic (exact) mass is 406 g/mol. The molecule has 1 aliphatic rings. The second-order valence-electron chi connectivity index (χ2n) is 7.15. The highest BCUT2D eigenvalue weighted by molar-refractivity contribution is 5.97. The Morgan fingerprint density at radius 2 is 1.77 bits per heavy atom. The Kier molecular flexibility index (Phi) is 7.98. The van der Waals surface area contributed by atoms with Crippen molar-refractivity contribution in [1.29, 1.82) is 0 Å². The van der Waals surface area contributed by atoms with Crippen molar-refractivity contribution in [2.45, 2.75) is 24.9 Å². The second kappa shape index (κ2) is 11.1. The Hall–Kier alpha value is -3.18. The lowest BCUT2D eigenvalue weighted by atomic mass is 10.1. The van der Waals surface area contributed by atoms with E-state index in [1.165, 1.54) is 0 Å². The van der Waals surface area contributed by atoms with E-state index in [1.54, 1.807) is 29.7 Å². The van der Waals surface area contributed by atoms with Crippen LogP contribution in [0.25, 0.3) is 0 Å². The summed E-state index contributed by atoms with van der Waals surface area (Å²) in [6, 6.07) is 16.0. The molecule has 1 heterocycles. The topological polar surface area (TPSA) is 102 Å². The van der Waals surface area contributed by atoms with Crippen molar-refractivity contribution >= 4 is 11.8 Å². The average Bonchev–Trinajstić information content (AvgIpc) is 3.31. The highest BCUT2D eigenvalue weighted by Crippen LogP contribution is 2.06. The molecule has 0 aliphatic carbocycles. The molecule has 2 atom stereocenters. The summed E-state index contributed by atoms with van der Waals surface area (Å²) in [5.41, 5.74) is 3.72. The van der Waals surface area contributed by atoms with Gasteiger partial charge in [-0.1, -0.05) is 30.0 Å². The molecule has 5 N–H and O–H groups in total. The molecule has 1 unspecified atom stereocenters. The zero-order valence-electron chi connectivity index (χ0n) is 16.7. The van der Waals surface area contributed by atoms with Crippen LogP contribution >= 0.6 is 0 Å². The van der Waals surface area contributed by atoms with E-state index in [0.29, 0.717) is 18.2 Å². The number of hydroxylamine groups is 1. The second-order valence-corrected chi connectivity index (χ2v) is 7.15. The van der Waals surface area contributed by atoms with Gasteiger partial charge in [0.15, 0.2) is 0 Å². The first-order chi connectivity index (χ1) is 14.7. The lowest BCUT2D eigenvalue weighted by Gasteiger charge is -2.19. The van der Waals surface area contributed by atoms with Gasteiger partial charge in [0, 0.05) is 35.8 Å². The smallest absolute Gasteiger partial charge is 0.267 e. The number of hydrogen-bond donors (Lipinski definition) is 5. The fraction of sp³-hybridized carbons (Fsp3) is 0.304. The maximum Gasteiger partial charge on any atom is 0.267 e. The van der Waals surface area contributed by atoms with Crippen molar-refractivity contribution in [3.05, 3.63) is 71.3 Å². The van der Waals surface area contributed by atoms with Gasteiger partial charge in [-0.05, 0) is 55.8 Å². The van der Waals surface area contributed by atoms with Crippen molar-refractivity contribution in [3.63, 3.8) is 0 Å². The molecule has 2 aromatic carbocycles. The number of carbonyl (C=O) groups excluding carboxylic acids is 2. The van der Waals surface area contributed by atoms with Crippen molar-refractivity contribution in [1.82, 2.24) is 21.4 Å². The summed E-state index contributed by atoms with van der Waals surface area (Å²) in [5.74, 6) is 5.06. The fourth-order valence-corrected chi connectivity index (χ4v) is 3.23. The van der Waals surface area contributed by atoms with E-state index in [4.69, 9.17) is 5.21 Å². The summed E-state index contributed by atoms with van der Waals surface area (Å²) in [6.45, 7) is 1.91. The van der Waals surface area contributed by atoms with Crippen molar-refractivity contribution in [3.8, 4) is 11.8 Å². The summed E-state index contributed by atoms with van der Waals surface area (Å²) >= 11 is 0. The Morgan fingerprint density at radius 1 is 1.07 bits per heavy atom. The molecular formula is C23H26N4O3. The van der Waals surface area contributed by atoms with Crippen LogP contribution in [0.15, 0.2) is 54.6 Å². The van der Waals surface area contributed by atoms with Crippen LogP contribution in [0.1, 0.15) is 34.3 Å². The van der Waals surface area contributed by atoms with E-state index in [-0.39, 0.29) is 6.54 Å². The minimum absolute atomic E-state index is 0.219. The first-order valence-corrected chi connectivity index (χ1v) is 10.0. The number of rotatable bonds is 7. The molecule has 7 heteroatoms. The van der Waals surface area contributed by atoms with Crippen LogP contribution in [0.5, 0.6) is 0 Å². The molecule has 3 rings (SSSR count). The molecule has 2 aromatic rings. The van der Waals surface area contributed by atoms with Crippen LogP contribution in [-0.4, -0.2) is 48.7 Å². The molecule has 1 aliphatic heterocycles. The van der Waals surface area contributed by atoms with Crippen LogP contribution in [0.3, 0.4) is 0 Å². The molecule has 30 heavy (non-hydrogen) atoms. The molecule has 0 saturated carbocycles. The Labute approximate surface area is 176 Å². The molecule has 156 valence electrons. The molecule has 0 bridgehead atoms. The van der Waals surface area contributed by atoms with Crippen LogP contribution in [0.4, 0.5) is 0 Å². The first-order valence-electron chi connectivity index (χ1n) is 10.0. The minimum atomic E-state index is -0.888. The molecule has 0 spiro atoms. The molecule has 1 saturated heterocycles. The van der Waals surface area contributed by atoms with Gasteiger partial charge in [-0.15, -0.1) is 0 Å². The van der Waals surface area contributed by atoms with Crippen molar-refractivity contribution < 1.29 is 14.8 Å². The third-order valence-corrected chi connectivity index (χ3v) is 4.91. The van der Waals surface area contributed by atoms with E-state index in [1.807, 2.05) is 30.3 Å². The van der Waals surface area contributed by atoms with Gasteiger partial charge in [0.25, 0.3) is 11.8 Å². The van der Waals surface area contributed by atoms with Gasteiger partial charge >= 0.3 is 0 Å². The zero-order valence-corrected chi connectivity index (χ0v) is 16.7. The van der Waals surface area contributed by atoms with E-state index in [9.17, 15) is 9.59 Å². The standard InChI is InChI=1S/C23H26N4O3/c28-22(26-21(23(29)27-30)16-24-15-20-7-4-14-25-20)19-12-10-18(11-13-19)9-8-17-5-2-1-3-6-17/h1-3,5-6,10-13,20-21,24-25,30H,4,7,14-16H2,(H,26,28)(H,27,29)/t20?,21-/m0/s1. The largest absolute Gasteiger partial charge is 0.339 e. The predicted molar refractivity (Wildman–Crippen MR) is 114 cm³/mol. The first kappa shape index (κ1) is 21.5. The molecule has 2 amide bonds. The Morgan fingerprint density at radius 3 is 2.40 bits per heavy atom. The van der Waals surface area contributed by atoms with Crippen molar-refractivity contribution in [2.24, 2.45) is 0 Å². The fourth-order valence-electron chi connectivity index (χ4n) is 3.23. The summed E-state index contributed by atoms with van der Waals surface area (Å²) < 4.78 is 0. The Bertz CT molecular complexity index is 898. The number of amides is 2. The zero-order chi connectivity index (χ0) is 21.2. The Balaban J connectivity index is 1.56. The quantitative estimate of drug-likeness (QED) is 0.269. The normalized spacial score (nSPS) is 16.2. The SMILES string of the molecule is O=C(N[C@@H](CNCC1CCCN1)C(=O)NO)c1ccc(C#Cc2ccccc2)cc1. The summed E-state index contributed by atoms with van der Waals surface area (Å²) in [5, 5.41) is 18.2. The minimum Gasteiger partial charge on any atom is -0.339 e. The third kappa shape index (κ3) is 6.42. The van der Waals surface area contributed by atoms with Crippen LogP contribution in [-0.2, 0) is 4.79 Å². The maximum absolute atomic E-state index is 12.5. The lowest BCUT2D eigenvalue weighted by molar-refractivity contribution is -0.131. The third-order valence-electron chi connectivity index (χ3n) is 4.91. The summed E-state index contributed by atoms with van der Waals surface area (Å²) in [7, 11) is 0. The van der Waals surface area contributed by atoms with Gasteiger partial charge in [0.1, 0.15) is 6.04 Å². The van der Waals surface area contributed by atoms with Gasteiger partial charge in [-0.2, -0.15) is 0 Å². The molecule has 1 fully saturated rings. The highest BCUT2D eigenvalue weighted by Gasteiger charge is 2.22. The van der Waals surface area contributed by atoms with Gasteiger partial charge in [0.05, 0.1) is 0 Å². The van der Waals surface area contributed by atoms with E-state index < -0.39 is 17.9 Å². The van der Waals surface area contributed by atoms with Crippen LogP contribution in [0.2, 0.25) is 0 Å². The van der Waals surface area contributed by atoms with Gasteiger partial charge in [0.2, 0.25) is 0 Å². The highest BCUT2D eigenvalue weighted by atomic mass is 16.5. The van der Waals surface area contributed by atoms with Crippen molar-refractivity contribution in [2.75, 3.05) is 19.6 Å². The predicted octanol–water partition coefficient (Wildman–Crippen LogP) is 1.03. The lowest BCUT2D eigenvalue weighted by Crippen LogP contribution is -2.52.